The normalized spacial score (nSPS) is 15.3. The first-order chi connectivity index (χ1) is 8.42. The number of nitrogens with one attached hydrogen (secondary N) is 1. The van der Waals surface area contributed by atoms with Gasteiger partial charge >= 0.3 is 0 Å². The molecule has 2 unspecified atom stereocenters. The number of alkyl halides is 2. The zero-order chi connectivity index (χ0) is 13.6. The van der Waals surface area contributed by atoms with Crippen LogP contribution in [0.1, 0.15) is 18.9 Å². The highest BCUT2D eigenvalue weighted by Gasteiger charge is 2.31. The molecule has 0 saturated carbocycles. The monoisotopic (exact) mass is 275 g/mol. The molecule has 1 rings (SSSR count). The summed E-state index contributed by atoms with van der Waals surface area (Å²) in [6.07, 6.45) is 2.25. The number of hydrogen-bond donors (Lipinski definition) is 1. The molecule has 18 heavy (non-hydrogen) atoms. The first-order valence-electron chi connectivity index (χ1n) is 5.88. The van der Waals surface area contributed by atoms with Gasteiger partial charge < -0.3 is 5.32 Å². The van der Waals surface area contributed by atoms with Crippen molar-refractivity contribution >= 4 is 10.8 Å². The largest absolute Gasteiger partial charge is 0.308 e. The predicted octanol–water partition coefficient (Wildman–Crippen LogP) is 2.53. The van der Waals surface area contributed by atoms with Crippen molar-refractivity contribution in [2.24, 2.45) is 0 Å². The van der Waals surface area contributed by atoms with E-state index in [1.807, 2.05) is 6.92 Å². The molecule has 1 N–H and O–H groups in total. The Bertz CT molecular complexity index is 384. The summed E-state index contributed by atoms with van der Waals surface area (Å²) in [6, 6.07) is 7.70. The molecule has 1 aromatic carbocycles. The van der Waals surface area contributed by atoms with Crippen molar-refractivity contribution in [1.82, 2.24) is 5.32 Å². The smallest absolute Gasteiger partial charge is 0.285 e. The van der Waals surface area contributed by atoms with Gasteiger partial charge in [0.15, 0.2) is 0 Å². The minimum Gasteiger partial charge on any atom is -0.308 e. The molecule has 0 amide bonds. The molecule has 0 aliphatic carbocycles. The second-order valence-electron chi connectivity index (χ2n) is 4.42. The average molecular weight is 275 g/mol. The molecule has 0 fully saturated rings. The zero-order valence-electron chi connectivity index (χ0n) is 10.7. The third-order valence-corrected chi connectivity index (χ3v) is 3.52. The van der Waals surface area contributed by atoms with Gasteiger partial charge in [0.1, 0.15) is 0 Å². The summed E-state index contributed by atoms with van der Waals surface area (Å²) in [7, 11) is -0.874. The Balaban J connectivity index is 2.44. The van der Waals surface area contributed by atoms with Crippen molar-refractivity contribution in [3.8, 4) is 0 Å². The molecule has 5 heteroatoms. The second kappa shape index (κ2) is 6.95. The number of halogens is 2. The average Bonchev–Trinajstić information content (AvgIpc) is 2.35. The highest BCUT2D eigenvalue weighted by molar-refractivity contribution is 7.84. The second-order valence-corrected chi connectivity index (χ2v) is 5.97. The minimum atomic E-state index is -2.87. The first kappa shape index (κ1) is 15.2. The Labute approximate surface area is 109 Å². The van der Waals surface area contributed by atoms with E-state index in [9.17, 15) is 13.0 Å². The van der Waals surface area contributed by atoms with Crippen LogP contribution in [0.25, 0.3) is 0 Å². The van der Waals surface area contributed by atoms with Crippen molar-refractivity contribution in [1.29, 1.82) is 0 Å². The molecule has 0 saturated heterocycles. The molecule has 0 spiro atoms. The highest BCUT2D eigenvalue weighted by Crippen LogP contribution is 2.26. The molecular weight excluding hydrogens is 256 g/mol. The van der Waals surface area contributed by atoms with Crippen LogP contribution >= 0.6 is 0 Å². The third-order valence-electron chi connectivity index (χ3n) is 2.71. The lowest BCUT2D eigenvalue weighted by molar-refractivity contribution is -0.00533. The van der Waals surface area contributed by atoms with E-state index in [1.54, 1.807) is 24.5 Å². The van der Waals surface area contributed by atoms with Crippen LogP contribution in [0.4, 0.5) is 8.78 Å². The van der Waals surface area contributed by atoms with Crippen LogP contribution < -0.4 is 5.32 Å². The molecule has 0 heterocycles. The van der Waals surface area contributed by atoms with Crippen LogP contribution in [-0.2, 0) is 16.7 Å². The van der Waals surface area contributed by atoms with E-state index < -0.39 is 23.3 Å². The summed E-state index contributed by atoms with van der Waals surface area (Å²) >= 11 is 0. The Morgan fingerprint density at radius 2 is 1.94 bits per heavy atom. The molecule has 0 bridgehead atoms. The summed E-state index contributed by atoms with van der Waals surface area (Å²) in [5.74, 6) is -2.34. The van der Waals surface area contributed by atoms with Crippen LogP contribution in [0.15, 0.2) is 30.3 Å². The van der Waals surface area contributed by atoms with Gasteiger partial charge in [-0.25, -0.2) is 0 Å². The topological polar surface area (TPSA) is 29.1 Å². The van der Waals surface area contributed by atoms with Crippen molar-refractivity contribution in [3.05, 3.63) is 35.9 Å². The summed E-state index contributed by atoms with van der Waals surface area (Å²) in [4.78, 5) is 0. The van der Waals surface area contributed by atoms with E-state index in [0.29, 0.717) is 12.2 Å². The molecule has 0 aromatic heterocycles. The maximum absolute atomic E-state index is 13.8. The Kier molecular flexibility index (Phi) is 5.88. The van der Waals surface area contributed by atoms with E-state index >= 15 is 0 Å². The van der Waals surface area contributed by atoms with E-state index in [1.165, 1.54) is 12.1 Å². The molecule has 0 aliphatic rings. The van der Waals surface area contributed by atoms with Gasteiger partial charge in [-0.15, -0.1) is 0 Å². The molecule has 2 nitrogen and oxygen atoms in total. The summed E-state index contributed by atoms with van der Waals surface area (Å²) in [5, 5.41) is 2.79. The Morgan fingerprint density at radius 1 is 1.33 bits per heavy atom. The molecule has 0 radical (unpaired) electrons. The third kappa shape index (κ3) is 5.23. The fraction of sp³-hybridized carbons (Fsp3) is 0.538. The van der Waals surface area contributed by atoms with Crippen molar-refractivity contribution in [2.45, 2.75) is 25.3 Å². The fourth-order valence-electron chi connectivity index (χ4n) is 1.53. The number of hydrogen-bond acceptors (Lipinski definition) is 2. The van der Waals surface area contributed by atoms with E-state index in [2.05, 4.69) is 5.32 Å². The maximum atomic E-state index is 13.8. The zero-order valence-corrected chi connectivity index (χ0v) is 11.5. The summed E-state index contributed by atoms with van der Waals surface area (Å²) in [6.45, 7) is 1.43. The van der Waals surface area contributed by atoms with Crippen molar-refractivity contribution in [3.63, 3.8) is 0 Å². The standard InChI is InChI=1S/C13H19F2NOS/c1-11(8-9-18(2)17)16-10-13(14,15)12-6-4-3-5-7-12/h3-7,11,16H,8-10H2,1-2H3. The molecule has 0 aliphatic heterocycles. The van der Waals surface area contributed by atoms with E-state index in [-0.39, 0.29) is 11.6 Å². The predicted molar refractivity (Wildman–Crippen MR) is 71.4 cm³/mol. The van der Waals surface area contributed by atoms with E-state index in [0.717, 1.165) is 0 Å². The van der Waals surface area contributed by atoms with E-state index in [4.69, 9.17) is 0 Å². The fourth-order valence-corrected chi connectivity index (χ4v) is 2.22. The Hall–Kier alpha value is -0.810. The van der Waals surface area contributed by atoms with Gasteiger partial charge in [-0.3, -0.25) is 4.21 Å². The van der Waals surface area contributed by atoms with Gasteiger partial charge in [-0.05, 0) is 13.3 Å². The summed E-state index contributed by atoms with van der Waals surface area (Å²) < 4.78 is 38.5. The van der Waals surface area contributed by atoms with Crippen LogP contribution in [0.3, 0.4) is 0 Å². The van der Waals surface area contributed by atoms with Crippen LogP contribution in [-0.4, -0.2) is 28.8 Å². The lowest BCUT2D eigenvalue weighted by Crippen LogP contribution is -2.37. The van der Waals surface area contributed by atoms with Crippen LogP contribution in [0.2, 0.25) is 0 Å². The first-order valence-corrected chi connectivity index (χ1v) is 7.61. The highest BCUT2D eigenvalue weighted by atomic mass is 32.2. The van der Waals surface area contributed by atoms with Crippen LogP contribution in [0.5, 0.6) is 0 Å². The van der Waals surface area contributed by atoms with Gasteiger partial charge in [0.2, 0.25) is 0 Å². The molecule has 1 aromatic rings. The lowest BCUT2D eigenvalue weighted by atomic mass is 10.1. The van der Waals surface area contributed by atoms with Gasteiger partial charge in [0, 0.05) is 34.4 Å². The summed E-state index contributed by atoms with van der Waals surface area (Å²) in [5.41, 5.74) is 0.0174. The van der Waals surface area contributed by atoms with Gasteiger partial charge in [-0.1, -0.05) is 30.3 Å². The molecule has 102 valence electrons. The minimum absolute atomic E-state index is 0.0174. The number of rotatable bonds is 7. The van der Waals surface area contributed by atoms with Gasteiger partial charge in [0.25, 0.3) is 5.92 Å². The molecule has 2 atom stereocenters. The maximum Gasteiger partial charge on any atom is 0.285 e. The van der Waals surface area contributed by atoms with Crippen molar-refractivity contribution in [2.75, 3.05) is 18.6 Å². The molecular formula is C13H19F2NOS. The number of benzene rings is 1. The lowest BCUT2D eigenvalue weighted by Gasteiger charge is -2.20. The Morgan fingerprint density at radius 3 is 2.50 bits per heavy atom. The van der Waals surface area contributed by atoms with Crippen LogP contribution in [0, 0.1) is 0 Å². The SMILES string of the molecule is CC(CCS(C)=O)NCC(F)(F)c1ccccc1. The quantitative estimate of drug-likeness (QED) is 0.828. The van der Waals surface area contributed by atoms with Gasteiger partial charge in [0.05, 0.1) is 6.54 Å². The van der Waals surface area contributed by atoms with Gasteiger partial charge in [-0.2, -0.15) is 8.78 Å². The van der Waals surface area contributed by atoms with Crippen molar-refractivity contribution < 1.29 is 13.0 Å².